The third-order valence-electron chi connectivity index (χ3n) is 2.52. The van der Waals surface area contributed by atoms with Gasteiger partial charge >= 0.3 is 12.4 Å². The number of hydrogen-bond acceptors (Lipinski definition) is 7. The zero-order valence-corrected chi connectivity index (χ0v) is 16.3. The summed E-state index contributed by atoms with van der Waals surface area (Å²) in [5.41, 5.74) is 4.87. The van der Waals surface area contributed by atoms with Crippen molar-refractivity contribution >= 4 is 53.8 Å². The van der Waals surface area contributed by atoms with Gasteiger partial charge in [-0.3, -0.25) is 0 Å². The topological polar surface area (TPSA) is 116 Å². The van der Waals surface area contributed by atoms with Gasteiger partial charge in [0.15, 0.2) is 16.1 Å². The van der Waals surface area contributed by atoms with E-state index in [1.165, 1.54) is 0 Å². The number of nitrogen functional groups attached to an aromatic ring is 1. The molecule has 0 unspecified atom stereocenters. The van der Waals surface area contributed by atoms with Crippen LogP contribution in [-0.4, -0.2) is 20.4 Å². The predicted octanol–water partition coefficient (Wildman–Crippen LogP) is 3.89. The second-order valence-electron chi connectivity index (χ2n) is 4.31. The lowest BCUT2D eigenvalue weighted by atomic mass is 10.2. The number of alkyl halides is 6. The molecule has 0 amide bonds. The van der Waals surface area contributed by atoms with Crippen LogP contribution in [0.5, 0.6) is 0 Å². The molecule has 0 radical (unpaired) electrons. The van der Waals surface area contributed by atoms with E-state index in [9.17, 15) is 26.3 Å². The van der Waals surface area contributed by atoms with Crippen molar-refractivity contribution in [2.75, 3.05) is 5.43 Å². The average Bonchev–Trinajstić information content (AvgIpc) is 2.54. The highest BCUT2D eigenvalue weighted by molar-refractivity contribution is 6.30. The fourth-order valence-corrected chi connectivity index (χ4v) is 1.75. The molecule has 17 heteroatoms. The number of nitrogens with two attached hydrogens (primary N) is 2. The molecule has 7 nitrogen and oxygen atoms in total. The van der Waals surface area contributed by atoms with Gasteiger partial charge in [0.25, 0.3) is 0 Å². The lowest BCUT2D eigenvalue weighted by Crippen LogP contribution is -2.17. The Labute approximate surface area is 176 Å². The van der Waals surface area contributed by atoms with Crippen LogP contribution in [0.1, 0.15) is 16.8 Å². The van der Waals surface area contributed by atoms with Gasteiger partial charge in [0.05, 0.1) is 11.3 Å². The zero-order chi connectivity index (χ0) is 20.1. The SMILES string of the molecule is Cl.Cl.NCc1cc(C(F)(F)F)c(Cl)nn1.NNc1nnc(Cl)cc1C(F)(F)F. The molecule has 0 aromatic carbocycles. The molecule has 0 aliphatic rings. The van der Waals surface area contributed by atoms with E-state index in [2.05, 4.69) is 20.4 Å². The molecule has 28 heavy (non-hydrogen) atoms. The molecule has 0 saturated heterocycles. The van der Waals surface area contributed by atoms with Crippen molar-refractivity contribution in [3.8, 4) is 0 Å². The first-order chi connectivity index (χ1) is 11.9. The van der Waals surface area contributed by atoms with Gasteiger partial charge in [-0.1, -0.05) is 23.2 Å². The Morgan fingerprint density at radius 2 is 1.39 bits per heavy atom. The predicted molar refractivity (Wildman–Crippen MR) is 94.3 cm³/mol. The summed E-state index contributed by atoms with van der Waals surface area (Å²) >= 11 is 10.4. The van der Waals surface area contributed by atoms with Crippen LogP contribution < -0.4 is 17.0 Å². The normalized spacial score (nSPS) is 10.8. The largest absolute Gasteiger partial charge is 0.420 e. The summed E-state index contributed by atoms with van der Waals surface area (Å²) in [5, 5.41) is 11.8. The minimum absolute atomic E-state index is 0. The summed E-state index contributed by atoms with van der Waals surface area (Å²) in [7, 11) is 0. The summed E-state index contributed by atoms with van der Waals surface area (Å²) in [6, 6.07) is 1.43. The van der Waals surface area contributed by atoms with Crippen molar-refractivity contribution in [1.82, 2.24) is 20.4 Å². The first kappa shape index (κ1) is 28.8. The number of nitrogens with zero attached hydrogens (tertiary/aromatic N) is 4. The smallest absolute Gasteiger partial charge is 0.325 e. The third-order valence-corrected chi connectivity index (χ3v) is 2.98. The Hall–Kier alpha value is -1.38. The molecule has 0 aliphatic carbocycles. The minimum atomic E-state index is -4.55. The summed E-state index contributed by atoms with van der Waals surface area (Å²) in [6.45, 7) is -0.104. The summed E-state index contributed by atoms with van der Waals surface area (Å²) in [6.07, 6.45) is -9.07. The van der Waals surface area contributed by atoms with E-state index in [4.69, 9.17) is 34.8 Å². The maximum atomic E-state index is 12.2. The number of rotatable bonds is 2. The molecular formula is C11H11Cl4F6N7. The highest BCUT2D eigenvalue weighted by Crippen LogP contribution is 2.34. The van der Waals surface area contributed by atoms with Crippen LogP contribution in [0, 0.1) is 0 Å². The van der Waals surface area contributed by atoms with Crippen LogP contribution in [0.2, 0.25) is 10.3 Å². The summed E-state index contributed by atoms with van der Waals surface area (Å²) < 4.78 is 73.1. The van der Waals surface area contributed by atoms with Gasteiger partial charge in [-0.2, -0.15) is 31.4 Å². The Kier molecular flexibility index (Phi) is 11.9. The number of aromatic nitrogens is 4. The van der Waals surface area contributed by atoms with Crippen molar-refractivity contribution < 1.29 is 26.3 Å². The highest BCUT2D eigenvalue weighted by atomic mass is 35.5. The van der Waals surface area contributed by atoms with E-state index in [0.29, 0.717) is 6.07 Å². The number of nitrogens with one attached hydrogen (secondary N) is 1. The summed E-state index contributed by atoms with van der Waals surface area (Å²) in [5.74, 6) is 4.24. The molecular weight excluding hydrogens is 486 g/mol. The van der Waals surface area contributed by atoms with E-state index >= 15 is 0 Å². The molecule has 0 aliphatic heterocycles. The molecule has 0 spiro atoms. The van der Waals surface area contributed by atoms with Crippen LogP contribution >= 0.6 is 48.0 Å². The fraction of sp³-hybridized carbons (Fsp3) is 0.273. The first-order valence-electron chi connectivity index (χ1n) is 6.26. The van der Waals surface area contributed by atoms with Crippen molar-refractivity contribution in [3.63, 3.8) is 0 Å². The third kappa shape index (κ3) is 8.32. The van der Waals surface area contributed by atoms with Gasteiger partial charge < -0.3 is 11.2 Å². The zero-order valence-electron chi connectivity index (χ0n) is 13.1. The number of halogens is 10. The quantitative estimate of drug-likeness (QED) is 0.328. The van der Waals surface area contributed by atoms with Gasteiger partial charge in [0.1, 0.15) is 5.56 Å². The Morgan fingerprint density at radius 1 is 0.857 bits per heavy atom. The molecule has 2 aromatic heterocycles. The lowest BCUT2D eigenvalue weighted by molar-refractivity contribution is -0.138. The van der Waals surface area contributed by atoms with Crippen LogP contribution in [0.4, 0.5) is 32.2 Å². The second-order valence-corrected chi connectivity index (χ2v) is 5.06. The number of hydrogen-bond donors (Lipinski definition) is 3. The molecule has 0 saturated carbocycles. The average molecular weight is 497 g/mol. The van der Waals surface area contributed by atoms with Crippen molar-refractivity contribution in [2.45, 2.75) is 18.9 Å². The number of anilines is 1. The maximum absolute atomic E-state index is 12.2. The second kappa shape index (κ2) is 11.6. The molecule has 0 atom stereocenters. The van der Waals surface area contributed by atoms with Crippen LogP contribution in [0.15, 0.2) is 12.1 Å². The van der Waals surface area contributed by atoms with Crippen molar-refractivity contribution in [1.29, 1.82) is 0 Å². The van der Waals surface area contributed by atoms with E-state index in [-0.39, 0.29) is 42.2 Å². The highest BCUT2D eigenvalue weighted by Gasteiger charge is 2.35. The van der Waals surface area contributed by atoms with Crippen LogP contribution in [0.3, 0.4) is 0 Å². The lowest BCUT2D eigenvalue weighted by Gasteiger charge is -2.09. The minimum Gasteiger partial charge on any atom is -0.325 e. The van der Waals surface area contributed by atoms with Crippen molar-refractivity contribution in [3.05, 3.63) is 39.3 Å². The van der Waals surface area contributed by atoms with Crippen LogP contribution in [0.25, 0.3) is 0 Å². The Bertz CT molecular complexity index is 759. The number of hydrazine groups is 1. The van der Waals surface area contributed by atoms with Gasteiger partial charge in [0, 0.05) is 6.54 Å². The monoisotopic (exact) mass is 495 g/mol. The molecule has 5 N–H and O–H groups in total. The van der Waals surface area contributed by atoms with E-state index in [1.54, 1.807) is 5.43 Å². The van der Waals surface area contributed by atoms with E-state index in [0.717, 1.165) is 6.07 Å². The van der Waals surface area contributed by atoms with E-state index in [1.807, 2.05) is 0 Å². The first-order valence-corrected chi connectivity index (χ1v) is 7.02. The Morgan fingerprint density at radius 3 is 1.82 bits per heavy atom. The molecule has 0 fully saturated rings. The molecule has 2 aromatic rings. The Balaban J connectivity index is 0. The summed E-state index contributed by atoms with van der Waals surface area (Å²) in [4.78, 5) is 0. The van der Waals surface area contributed by atoms with Gasteiger partial charge in [-0.05, 0) is 12.1 Å². The van der Waals surface area contributed by atoms with E-state index < -0.39 is 34.5 Å². The molecule has 0 bridgehead atoms. The standard InChI is InChI=1S/C6H5ClF3N3.C5H4ClF3N4.2ClH/c7-5-4(6(8,9)10)1-3(2-11)12-13-5;6-3-1-2(5(7,8)9)4(11-10)13-12-3;;/h1H,2,11H2;1H,10H2,(H,11,13);2*1H. The molecule has 2 heterocycles. The molecule has 160 valence electrons. The van der Waals surface area contributed by atoms with Crippen molar-refractivity contribution in [2.24, 2.45) is 11.6 Å². The maximum Gasteiger partial charge on any atom is 0.420 e. The van der Waals surface area contributed by atoms with Crippen LogP contribution in [-0.2, 0) is 18.9 Å². The van der Waals surface area contributed by atoms with Gasteiger partial charge in [0.2, 0.25) is 0 Å². The fourth-order valence-electron chi connectivity index (χ4n) is 1.41. The molecule has 2 rings (SSSR count). The van der Waals surface area contributed by atoms with Gasteiger partial charge in [-0.25, -0.2) is 5.84 Å². The van der Waals surface area contributed by atoms with Gasteiger partial charge in [-0.15, -0.1) is 40.1 Å².